The molecule has 0 spiro atoms. The van der Waals surface area contributed by atoms with Crippen molar-refractivity contribution >= 4 is 26.0 Å². The number of ether oxygens (including phenoxy) is 2. The van der Waals surface area contributed by atoms with Crippen LogP contribution in [0.1, 0.15) is 23.6 Å². The minimum atomic E-state index is -4.03. The van der Waals surface area contributed by atoms with Crippen molar-refractivity contribution in [3.05, 3.63) is 89.5 Å². The maximum atomic E-state index is 13.7. The van der Waals surface area contributed by atoms with Crippen molar-refractivity contribution in [2.24, 2.45) is 0 Å². The Morgan fingerprint density at radius 2 is 1.59 bits per heavy atom. The van der Waals surface area contributed by atoms with Crippen LogP contribution in [0.15, 0.2) is 82.6 Å². The van der Waals surface area contributed by atoms with Gasteiger partial charge in [0.05, 0.1) is 36.2 Å². The van der Waals surface area contributed by atoms with E-state index in [1.54, 1.807) is 43.3 Å². The molecule has 220 valence electrons. The summed E-state index contributed by atoms with van der Waals surface area (Å²) in [7, 11) is -7.65. The number of morpholine rings is 1. The summed E-state index contributed by atoms with van der Waals surface area (Å²) in [5.41, 5.74) is 2.10. The lowest BCUT2D eigenvalue weighted by Gasteiger charge is -2.26. The van der Waals surface area contributed by atoms with Gasteiger partial charge in [-0.3, -0.25) is 4.79 Å². The first-order chi connectivity index (χ1) is 19.6. The number of carbonyl (C=O) groups is 1. The van der Waals surface area contributed by atoms with Gasteiger partial charge in [-0.15, -0.1) is 0 Å². The highest BCUT2D eigenvalue weighted by atomic mass is 32.2. The van der Waals surface area contributed by atoms with Gasteiger partial charge in [-0.05, 0) is 60.9 Å². The van der Waals surface area contributed by atoms with Crippen molar-refractivity contribution in [2.45, 2.75) is 36.7 Å². The number of benzene rings is 3. The summed E-state index contributed by atoms with van der Waals surface area (Å²) in [4.78, 5) is 13.2. The van der Waals surface area contributed by atoms with Gasteiger partial charge in [0.15, 0.2) is 0 Å². The van der Waals surface area contributed by atoms with Crippen molar-refractivity contribution in [1.29, 1.82) is 0 Å². The maximum Gasteiger partial charge on any atom is 0.243 e. The summed E-state index contributed by atoms with van der Waals surface area (Å²) in [6, 6.07) is 20.0. The molecule has 0 radical (unpaired) electrons. The zero-order valence-electron chi connectivity index (χ0n) is 23.2. The first kappa shape index (κ1) is 30.7. The SMILES string of the molecule is CCOc1ccc(S(=O)(=O)N(CC(=O)NCc2ccc(S(=O)(=O)N3CCOCC3)cc2)Cc2ccccc2)cc1C. The van der Waals surface area contributed by atoms with Crippen LogP contribution in [0.4, 0.5) is 0 Å². The van der Waals surface area contributed by atoms with E-state index in [1.807, 2.05) is 25.1 Å². The van der Waals surface area contributed by atoms with Crippen molar-refractivity contribution in [1.82, 2.24) is 13.9 Å². The Hall–Kier alpha value is -3.29. The molecular formula is C29H35N3O7S2. The number of amides is 1. The van der Waals surface area contributed by atoms with E-state index in [1.165, 1.54) is 22.5 Å². The molecule has 1 amide bonds. The van der Waals surface area contributed by atoms with Gasteiger partial charge in [0.1, 0.15) is 5.75 Å². The molecule has 41 heavy (non-hydrogen) atoms. The van der Waals surface area contributed by atoms with E-state index >= 15 is 0 Å². The number of aryl methyl sites for hydroxylation is 1. The van der Waals surface area contributed by atoms with Crippen molar-refractivity contribution in [3.8, 4) is 5.75 Å². The van der Waals surface area contributed by atoms with Crippen LogP contribution >= 0.6 is 0 Å². The quantitative estimate of drug-likeness (QED) is 0.339. The summed E-state index contributed by atoms with van der Waals surface area (Å²) >= 11 is 0. The lowest BCUT2D eigenvalue weighted by molar-refractivity contribution is -0.121. The van der Waals surface area contributed by atoms with Gasteiger partial charge in [-0.1, -0.05) is 42.5 Å². The molecule has 3 aromatic rings. The largest absolute Gasteiger partial charge is 0.494 e. The molecule has 1 fully saturated rings. The molecule has 1 N–H and O–H groups in total. The van der Waals surface area contributed by atoms with Crippen molar-refractivity contribution in [3.63, 3.8) is 0 Å². The van der Waals surface area contributed by atoms with E-state index in [-0.39, 0.29) is 22.9 Å². The average Bonchev–Trinajstić information content (AvgIpc) is 2.98. The fourth-order valence-corrected chi connectivity index (χ4v) is 7.27. The van der Waals surface area contributed by atoms with Gasteiger partial charge in [0.2, 0.25) is 26.0 Å². The van der Waals surface area contributed by atoms with Gasteiger partial charge >= 0.3 is 0 Å². The fourth-order valence-electron chi connectivity index (χ4n) is 4.39. The number of hydrogen-bond donors (Lipinski definition) is 1. The molecule has 4 rings (SSSR count). The standard InChI is InChI=1S/C29H35N3O7S2/c1-3-39-28-14-13-27(19-23(28)2)41(36,37)32(21-25-7-5-4-6-8-25)22-29(33)30-20-24-9-11-26(12-10-24)40(34,35)31-15-17-38-18-16-31/h4-14,19H,3,15-18,20-22H2,1-2H3,(H,30,33). The number of rotatable bonds is 12. The third kappa shape index (κ3) is 7.72. The summed E-state index contributed by atoms with van der Waals surface area (Å²) in [5, 5.41) is 2.76. The molecule has 0 bridgehead atoms. The second-order valence-corrected chi connectivity index (χ2v) is 13.4. The Bertz CT molecular complexity index is 1540. The van der Waals surface area contributed by atoms with Gasteiger partial charge in [-0.25, -0.2) is 16.8 Å². The lowest BCUT2D eigenvalue weighted by Crippen LogP contribution is -2.40. The molecule has 0 atom stereocenters. The highest BCUT2D eigenvalue weighted by molar-refractivity contribution is 7.89. The van der Waals surface area contributed by atoms with Crippen LogP contribution in [0.2, 0.25) is 0 Å². The Morgan fingerprint density at radius 1 is 0.927 bits per heavy atom. The monoisotopic (exact) mass is 601 g/mol. The normalized spacial score (nSPS) is 14.6. The Balaban J connectivity index is 1.46. The molecule has 1 aliphatic rings. The van der Waals surface area contributed by atoms with Crippen LogP contribution in [0.5, 0.6) is 5.75 Å². The third-order valence-electron chi connectivity index (χ3n) is 6.63. The Kier molecular flexibility index (Phi) is 10.2. The van der Waals surface area contributed by atoms with E-state index in [2.05, 4.69) is 5.32 Å². The van der Waals surface area contributed by atoms with E-state index in [0.29, 0.717) is 49.8 Å². The molecule has 1 saturated heterocycles. The van der Waals surface area contributed by atoms with Gasteiger partial charge in [0, 0.05) is 26.2 Å². The van der Waals surface area contributed by atoms with Crippen LogP contribution in [-0.2, 0) is 42.7 Å². The molecule has 3 aromatic carbocycles. The molecule has 10 nitrogen and oxygen atoms in total. The topological polar surface area (TPSA) is 122 Å². The second-order valence-electron chi connectivity index (χ2n) is 9.56. The number of carbonyl (C=O) groups excluding carboxylic acids is 1. The minimum absolute atomic E-state index is 0.0109. The first-order valence-electron chi connectivity index (χ1n) is 13.3. The summed E-state index contributed by atoms with van der Waals surface area (Å²) in [6.45, 7) is 5.14. The Labute approximate surface area is 242 Å². The van der Waals surface area contributed by atoms with Crippen molar-refractivity contribution < 1.29 is 31.1 Å². The minimum Gasteiger partial charge on any atom is -0.494 e. The van der Waals surface area contributed by atoms with E-state index in [9.17, 15) is 21.6 Å². The van der Waals surface area contributed by atoms with Crippen LogP contribution < -0.4 is 10.1 Å². The van der Waals surface area contributed by atoms with Crippen LogP contribution in [0.25, 0.3) is 0 Å². The fraction of sp³-hybridized carbons (Fsp3) is 0.345. The zero-order valence-corrected chi connectivity index (χ0v) is 24.8. The Morgan fingerprint density at radius 3 is 2.22 bits per heavy atom. The highest BCUT2D eigenvalue weighted by Crippen LogP contribution is 2.25. The van der Waals surface area contributed by atoms with E-state index in [4.69, 9.17) is 9.47 Å². The molecule has 0 saturated carbocycles. The average molecular weight is 602 g/mol. The molecule has 0 unspecified atom stereocenters. The summed E-state index contributed by atoms with van der Waals surface area (Å²) in [5.74, 6) is 0.111. The molecule has 1 heterocycles. The molecule has 0 aromatic heterocycles. The summed E-state index contributed by atoms with van der Waals surface area (Å²) in [6.07, 6.45) is 0. The number of nitrogens with zero attached hydrogens (tertiary/aromatic N) is 2. The van der Waals surface area contributed by atoms with Gasteiger partial charge in [0.25, 0.3) is 0 Å². The van der Waals surface area contributed by atoms with Crippen LogP contribution in [0, 0.1) is 6.92 Å². The number of hydrogen-bond acceptors (Lipinski definition) is 7. The number of sulfonamides is 2. The van der Waals surface area contributed by atoms with Crippen LogP contribution in [-0.4, -0.2) is 70.8 Å². The van der Waals surface area contributed by atoms with Crippen LogP contribution in [0.3, 0.4) is 0 Å². The predicted molar refractivity (Wildman–Crippen MR) is 154 cm³/mol. The van der Waals surface area contributed by atoms with E-state index in [0.717, 1.165) is 9.87 Å². The lowest BCUT2D eigenvalue weighted by atomic mass is 10.2. The van der Waals surface area contributed by atoms with E-state index < -0.39 is 32.5 Å². The molecular weight excluding hydrogens is 566 g/mol. The van der Waals surface area contributed by atoms with Gasteiger partial charge < -0.3 is 14.8 Å². The molecule has 0 aliphatic carbocycles. The highest BCUT2D eigenvalue weighted by Gasteiger charge is 2.28. The smallest absolute Gasteiger partial charge is 0.243 e. The first-order valence-corrected chi connectivity index (χ1v) is 16.2. The molecule has 1 aliphatic heterocycles. The number of nitrogens with one attached hydrogen (secondary N) is 1. The summed E-state index contributed by atoms with van der Waals surface area (Å²) < 4.78 is 66.3. The third-order valence-corrected chi connectivity index (χ3v) is 10.3. The van der Waals surface area contributed by atoms with Gasteiger partial charge in [-0.2, -0.15) is 8.61 Å². The predicted octanol–water partition coefficient (Wildman–Crippen LogP) is 2.92. The maximum absolute atomic E-state index is 13.7. The second kappa shape index (κ2) is 13.6. The zero-order chi connectivity index (χ0) is 29.5. The molecule has 12 heteroatoms. The van der Waals surface area contributed by atoms with Crippen molar-refractivity contribution in [2.75, 3.05) is 39.5 Å².